The maximum absolute atomic E-state index is 6.13. The Morgan fingerprint density at radius 1 is 1.35 bits per heavy atom. The van der Waals surface area contributed by atoms with Gasteiger partial charge in [-0.15, -0.1) is 0 Å². The van der Waals surface area contributed by atoms with E-state index in [1.54, 1.807) is 0 Å². The first-order chi connectivity index (χ1) is 9.71. The van der Waals surface area contributed by atoms with Crippen molar-refractivity contribution in [2.24, 2.45) is 5.73 Å². The Morgan fingerprint density at radius 2 is 2.10 bits per heavy atom. The normalized spacial score (nSPS) is 26.0. The Kier molecular flexibility index (Phi) is 3.99. The van der Waals surface area contributed by atoms with Gasteiger partial charge in [-0.25, -0.2) is 0 Å². The van der Waals surface area contributed by atoms with Gasteiger partial charge in [-0.05, 0) is 43.4 Å². The van der Waals surface area contributed by atoms with E-state index < -0.39 is 0 Å². The van der Waals surface area contributed by atoms with Gasteiger partial charge in [0.15, 0.2) is 0 Å². The predicted octanol–water partition coefficient (Wildman–Crippen LogP) is 3.58. The third-order valence-electron chi connectivity index (χ3n) is 4.76. The molecule has 0 radical (unpaired) electrons. The molecular formula is C17H25NO2. The van der Waals surface area contributed by atoms with Crippen molar-refractivity contribution < 1.29 is 9.47 Å². The number of hydrogen-bond acceptors (Lipinski definition) is 3. The molecule has 1 aliphatic carbocycles. The number of benzene rings is 1. The predicted molar refractivity (Wildman–Crippen MR) is 79.8 cm³/mol. The Bertz CT molecular complexity index is 439. The van der Waals surface area contributed by atoms with Crippen LogP contribution in [0.1, 0.15) is 57.1 Å². The van der Waals surface area contributed by atoms with E-state index in [1.165, 1.54) is 24.8 Å². The molecule has 0 amide bonds. The van der Waals surface area contributed by atoms with Crippen molar-refractivity contribution in [2.45, 2.75) is 63.2 Å². The second-order valence-electron chi connectivity index (χ2n) is 6.20. The molecule has 1 aromatic carbocycles. The van der Waals surface area contributed by atoms with E-state index in [4.69, 9.17) is 15.2 Å². The zero-order valence-electron chi connectivity index (χ0n) is 12.3. The molecule has 1 saturated heterocycles. The summed E-state index contributed by atoms with van der Waals surface area (Å²) < 4.78 is 12.1. The van der Waals surface area contributed by atoms with Gasteiger partial charge in [0.25, 0.3) is 0 Å². The minimum absolute atomic E-state index is 0.130. The van der Waals surface area contributed by atoms with Crippen LogP contribution in [0.15, 0.2) is 24.3 Å². The van der Waals surface area contributed by atoms with E-state index in [9.17, 15) is 0 Å². The summed E-state index contributed by atoms with van der Waals surface area (Å²) in [7, 11) is 0. The quantitative estimate of drug-likeness (QED) is 0.913. The van der Waals surface area contributed by atoms with Gasteiger partial charge in [-0.3, -0.25) is 0 Å². The maximum atomic E-state index is 6.13. The van der Waals surface area contributed by atoms with Gasteiger partial charge < -0.3 is 15.2 Å². The first kappa shape index (κ1) is 13.9. The van der Waals surface area contributed by atoms with Gasteiger partial charge in [-0.1, -0.05) is 19.1 Å². The molecule has 2 N–H and O–H groups in total. The molecule has 1 aliphatic heterocycles. The molecule has 1 saturated carbocycles. The van der Waals surface area contributed by atoms with Gasteiger partial charge in [0.1, 0.15) is 11.9 Å². The zero-order chi connectivity index (χ0) is 14.0. The van der Waals surface area contributed by atoms with Crippen LogP contribution in [0.2, 0.25) is 0 Å². The minimum Gasteiger partial charge on any atom is -0.490 e. The highest BCUT2D eigenvalue weighted by Crippen LogP contribution is 2.43. The maximum Gasteiger partial charge on any atom is 0.119 e. The molecule has 2 atom stereocenters. The summed E-state index contributed by atoms with van der Waals surface area (Å²) in [5.74, 6) is 0.957. The average Bonchev–Trinajstić information content (AvgIpc) is 2.46. The van der Waals surface area contributed by atoms with Crippen molar-refractivity contribution in [3.05, 3.63) is 29.8 Å². The Hall–Kier alpha value is -1.06. The SMILES string of the molecule is CCC(N)c1ccc(OC2CCOC3(CCC3)C2)cc1. The first-order valence-electron chi connectivity index (χ1n) is 7.87. The topological polar surface area (TPSA) is 44.5 Å². The van der Waals surface area contributed by atoms with Crippen molar-refractivity contribution in [1.82, 2.24) is 0 Å². The lowest BCUT2D eigenvalue weighted by Gasteiger charge is -2.46. The van der Waals surface area contributed by atoms with Crippen molar-refractivity contribution in [2.75, 3.05) is 6.61 Å². The summed E-state index contributed by atoms with van der Waals surface area (Å²) >= 11 is 0. The summed E-state index contributed by atoms with van der Waals surface area (Å²) in [5, 5.41) is 0. The van der Waals surface area contributed by atoms with E-state index in [2.05, 4.69) is 19.1 Å². The molecule has 0 bridgehead atoms. The molecule has 0 aromatic heterocycles. The molecule has 3 rings (SSSR count). The Balaban J connectivity index is 1.60. The third-order valence-corrected chi connectivity index (χ3v) is 4.76. The second-order valence-corrected chi connectivity index (χ2v) is 6.20. The minimum atomic E-state index is 0.130. The largest absolute Gasteiger partial charge is 0.490 e. The zero-order valence-corrected chi connectivity index (χ0v) is 12.3. The fourth-order valence-corrected chi connectivity index (χ4v) is 3.22. The van der Waals surface area contributed by atoms with Crippen molar-refractivity contribution in [3.63, 3.8) is 0 Å². The highest BCUT2D eigenvalue weighted by Gasteiger charge is 2.43. The molecule has 3 heteroatoms. The van der Waals surface area contributed by atoms with Crippen LogP contribution in [-0.4, -0.2) is 18.3 Å². The van der Waals surface area contributed by atoms with E-state index in [1.807, 2.05) is 12.1 Å². The molecule has 2 fully saturated rings. The van der Waals surface area contributed by atoms with Crippen LogP contribution in [0.5, 0.6) is 5.75 Å². The molecule has 20 heavy (non-hydrogen) atoms. The lowest BCUT2D eigenvalue weighted by atomic mass is 9.74. The third kappa shape index (κ3) is 2.84. The van der Waals surface area contributed by atoms with Crippen LogP contribution in [0.25, 0.3) is 0 Å². The average molecular weight is 275 g/mol. The van der Waals surface area contributed by atoms with E-state index in [-0.39, 0.29) is 11.6 Å². The highest BCUT2D eigenvalue weighted by molar-refractivity contribution is 5.29. The smallest absolute Gasteiger partial charge is 0.119 e. The molecule has 3 nitrogen and oxygen atoms in total. The number of nitrogens with two attached hydrogens (primary N) is 1. The van der Waals surface area contributed by atoms with Crippen LogP contribution >= 0.6 is 0 Å². The standard InChI is InChI=1S/C17H25NO2/c1-2-16(18)13-4-6-14(7-5-13)20-15-8-11-19-17(12-15)9-3-10-17/h4-7,15-16H,2-3,8-12,18H2,1H3. The lowest BCUT2D eigenvalue weighted by Crippen LogP contribution is -2.48. The molecular weight excluding hydrogens is 250 g/mol. The summed E-state index contributed by atoms with van der Waals surface area (Å²) in [6, 6.07) is 8.40. The van der Waals surface area contributed by atoms with Gasteiger partial charge in [0.2, 0.25) is 0 Å². The number of ether oxygens (including phenoxy) is 2. The monoisotopic (exact) mass is 275 g/mol. The molecule has 2 aliphatic rings. The van der Waals surface area contributed by atoms with Crippen LogP contribution < -0.4 is 10.5 Å². The van der Waals surface area contributed by atoms with Crippen molar-refractivity contribution in [1.29, 1.82) is 0 Å². The molecule has 1 spiro atoms. The van der Waals surface area contributed by atoms with Gasteiger partial charge in [0.05, 0.1) is 12.2 Å². The molecule has 1 heterocycles. The van der Waals surface area contributed by atoms with Crippen LogP contribution in [-0.2, 0) is 4.74 Å². The highest BCUT2D eigenvalue weighted by atomic mass is 16.5. The van der Waals surface area contributed by atoms with E-state index in [0.717, 1.165) is 31.6 Å². The second kappa shape index (κ2) is 5.74. The van der Waals surface area contributed by atoms with Crippen LogP contribution in [0.4, 0.5) is 0 Å². The molecule has 2 unspecified atom stereocenters. The van der Waals surface area contributed by atoms with Crippen molar-refractivity contribution in [3.8, 4) is 5.75 Å². The fourth-order valence-electron chi connectivity index (χ4n) is 3.22. The summed E-state index contributed by atoms with van der Waals surface area (Å²) in [5.41, 5.74) is 7.36. The Labute approximate surface area is 121 Å². The van der Waals surface area contributed by atoms with Gasteiger partial charge in [-0.2, -0.15) is 0 Å². The molecule has 110 valence electrons. The summed E-state index contributed by atoms with van der Waals surface area (Å²) in [6.07, 6.45) is 7.02. The fraction of sp³-hybridized carbons (Fsp3) is 0.647. The molecule has 1 aromatic rings. The van der Waals surface area contributed by atoms with E-state index >= 15 is 0 Å². The summed E-state index contributed by atoms with van der Waals surface area (Å²) in [4.78, 5) is 0. The van der Waals surface area contributed by atoms with Gasteiger partial charge >= 0.3 is 0 Å². The lowest BCUT2D eigenvalue weighted by molar-refractivity contribution is -0.153. The van der Waals surface area contributed by atoms with Gasteiger partial charge in [0, 0.05) is 18.9 Å². The first-order valence-corrected chi connectivity index (χ1v) is 7.87. The summed E-state index contributed by atoms with van der Waals surface area (Å²) in [6.45, 7) is 2.94. The Morgan fingerprint density at radius 3 is 2.70 bits per heavy atom. The van der Waals surface area contributed by atoms with Crippen molar-refractivity contribution >= 4 is 0 Å². The number of hydrogen-bond donors (Lipinski definition) is 1. The van der Waals surface area contributed by atoms with Crippen LogP contribution in [0, 0.1) is 0 Å². The van der Waals surface area contributed by atoms with Crippen LogP contribution in [0.3, 0.4) is 0 Å². The van der Waals surface area contributed by atoms with E-state index in [0.29, 0.717) is 6.10 Å². The number of rotatable bonds is 4.